The number of hydrogen-bond acceptors (Lipinski definition) is 4. The molecule has 2 amide bonds. The Morgan fingerprint density at radius 2 is 1.49 bits per heavy atom. The number of sulfonamides is 1. The van der Waals surface area contributed by atoms with Crippen molar-refractivity contribution in [2.75, 3.05) is 17.4 Å². The summed E-state index contributed by atoms with van der Waals surface area (Å²) in [5, 5.41) is 3.46. The summed E-state index contributed by atoms with van der Waals surface area (Å²) in [5.41, 5.74) is 1.64. The molecule has 0 saturated heterocycles. The summed E-state index contributed by atoms with van der Waals surface area (Å²) in [6.07, 6.45) is 0.858. The van der Waals surface area contributed by atoms with Gasteiger partial charge in [0, 0.05) is 28.7 Å². The van der Waals surface area contributed by atoms with E-state index >= 15 is 0 Å². The molecule has 1 atom stereocenters. The van der Waals surface area contributed by atoms with Crippen LogP contribution in [0.2, 0.25) is 10.0 Å². The fourth-order valence-corrected chi connectivity index (χ4v) is 6.34. The molecule has 10 heteroatoms. The van der Waals surface area contributed by atoms with Crippen LogP contribution in [-0.2, 0) is 32.6 Å². The number of rotatable bonds is 12. The largest absolute Gasteiger partial charge is 0.355 e. The van der Waals surface area contributed by atoms with Gasteiger partial charge in [0.2, 0.25) is 11.8 Å². The number of halogens is 2. The van der Waals surface area contributed by atoms with Crippen molar-refractivity contribution in [3.63, 3.8) is 0 Å². The first-order chi connectivity index (χ1) is 18.6. The van der Waals surface area contributed by atoms with E-state index in [0.29, 0.717) is 40.7 Å². The molecule has 0 aliphatic carbocycles. The van der Waals surface area contributed by atoms with Crippen LogP contribution in [0.4, 0.5) is 5.69 Å². The van der Waals surface area contributed by atoms with E-state index < -0.39 is 28.5 Å². The molecular formula is C29H33Cl2N3O4S. The van der Waals surface area contributed by atoms with Crippen LogP contribution < -0.4 is 9.62 Å². The second-order valence-corrected chi connectivity index (χ2v) is 11.5. The third-order valence-electron chi connectivity index (χ3n) is 6.38. The number of carbonyl (C=O) groups excluding carboxylic acids is 2. The number of likely N-dealkylation sites (N-methyl/N-ethyl adjacent to an activating group) is 1. The van der Waals surface area contributed by atoms with Crippen LogP contribution in [0.25, 0.3) is 0 Å². The second-order valence-electron chi connectivity index (χ2n) is 8.85. The Labute approximate surface area is 240 Å². The van der Waals surface area contributed by atoms with Crippen LogP contribution in [0.5, 0.6) is 0 Å². The second kappa shape index (κ2) is 13.8. The summed E-state index contributed by atoms with van der Waals surface area (Å²) >= 11 is 12.9. The molecule has 0 aromatic heterocycles. The van der Waals surface area contributed by atoms with Crippen molar-refractivity contribution in [3.8, 4) is 0 Å². The van der Waals surface area contributed by atoms with E-state index in [0.717, 1.165) is 9.87 Å². The number of nitrogens with one attached hydrogen (secondary N) is 1. The van der Waals surface area contributed by atoms with Gasteiger partial charge in [-0.3, -0.25) is 13.9 Å². The number of aryl methyl sites for hydroxylation is 1. The maximum atomic E-state index is 14.1. The van der Waals surface area contributed by atoms with E-state index in [2.05, 4.69) is 5.32 Å². The standard InChI is InChI=1S/C29H33Cl2N3O4S/c1-4-21-13-10-11-18-27(21)34(39(37,38)22-14-8-7-9-15-22)20-28(35)33(26(5-2)29(36)32-6-3)19-23-24(30)16-12-17-25(23)31/h7-18,26H,4-6,19-20H2,1-3H3,(H,32,36). The maximum absolute atomic E-state index is 14.1. The lowest BCUT2D eigenvalue weighted by molar-refractivity contribution is -0.140. The Hall–Kier alpha value is -3.07. The van der Waals surface area contributed by atoms with E-state index in [9.17, 15) is 18.0 Å². The molecule has 208 valence electrons. The van der Waals surface area contributed by atoms with E-state index in [-0.39, 0.29) is 17.3 Å². The molecule has 3 aromatic carbocycles. The minimum atomic E-state index is -4.13. The fourth-order valence-electron chi connectivity index (χ4n) is 4.35. The number of nitrogens with zero attached hydrogens (tertiary/aromatic N) is 2. The van der Waals surface area contributed by atoms with Gasteiger partial charge in [0.1, 0.15) is 12.6 Å². The summed E-state index contributed by atoms with van der Waals surface area (Å²) in [5.74, 6) is -0.905. The number of hydrogen-bond donors (Lipinski definition) is 1. The summed E-state index contributed by atoms with van der Waals surface area (Å²) in [6.45, 7) is 5.29. The van der Waals surface area contributed by atoms with Crippen LogP contribution >= 0.6 is 23.2 Å². The lowest BCUT2D eigenvalue weighted by Gasteiger charge is -2.34. The SMILES string of the molecule is CCNC(=O)C(CC)N(Cc1c(Cl)cccc1Cl)C(=O)CN(c1ccccc1CC)S(=O)(=O)c1ccccc1. The summed E-state index contributed by atoms with van der Waals surface area (Å²) < 4.78 is 29.0. The molecule has 0 heterocycles. The molecule has 0 saturated carbocycles. The molecule has 0 aliphatic heterocycles. The van der Waals surface area contributed by atoms with Gasteiger partial charge >= 0.3 is 0 Å². The van der Waals surface area contributed by atoms with Crippen molar-refractivity contribution < 1.29 is 18.0 Å². The summed E-state index contributed by atoms with van der Waals surface area (Å²) in [6, 6.07) is 19.2. The highest BCUT2D eigenvalue weighted by Crippen LogP contribution is 2.30. The number of benzene rings is 3. The molecular weight excluding hydrogens is 557 g/mol. The van der Waals surface area contributed by atoms with Gasteiger partial charge in [-0.25, -0.2) is 8.42 Å². The molecule has 3 aromatic rings. The van der Waals surface area contributed by atoms with Gasteiger partial charge in [0.15, 0.2) is 0 Å². The summed E-state index contributed by atoms with van der Waals surface area (Å²) in [4.78, 5) is 28.6. The Morgan fingerprint density at radius 1 is 0.872 bits per heavy atom. The Morgan fingerprint density at radius 3 is 2.08 bits per heavy atom. The van der Waals surface area contributed by atoms with Gasteiger partial charge < -0.3 is 10.2 Å². The average Bonchev–Trinajstić information content (AvgIpc) is 2.93. The maximum Gasteiger partial charge on any atom is 0.264 e. The Balaban J connectivity index is 2.13. The third-order valence-corrected chi connectivity index (χ3v) is 8.86. The van der Waals surface area contributed by atoms with Gasteiger partial charge in [0.05, 0.1) is 10.6 Å². The molecule has 3 rings (SSSR count). The molecule has 0 spiro atoms. The van der Waals surface area contributed by atoms with E-state index in [1.165, 1.54) is 17.0 Å². The monoisotopic (exact) mass is 589 g/mol. The zero-order valence-corrected chi connectivity index (χ0v) is 24.6. The van der Waals surface area contributed by atoms with Gasteiger partial charge in [-0.05, 0) is 55.7 Å². The first kappa shape index (κ1) is 30.5. The fraction of sp³-hybridized carbons (Fsp3) is 0.310. The van der Waals surface area contributed by atoms with Crippen molar-refractivity contribution in [2.24, 2.45) is 0 Å². The number of amides is 2. The zero-order valence-electron chi connectivity index (χ0n) is 22.2. The highest BCUT2D eigenvalue weighted by atomic mass is 35.5. The normalized spacial score (nSPS) is 12.0. The lowest BCUT2D eigenvalue weighted by Crippen LogP contribution is -2.52. The lowest BCUT2D eigenvalue weighted by atomic mass is 10.1. The van der Waals surface area contributed by atoms with Crippen LogP contribution in [0.3, 0.4) is 0 Å². The molecule has 7 nitrogen and oxygen atoms in total. The average molecular weight is 591 g/mol. The minimum Gasteiger partial charge on any atom is -0.355 e. The first-order valence-corrected chi connectivity index (χ1v) is 15.0. The minimum absolute atomic E-state index is 0.0557. The number of para-hydroxylation sites is 1. The van der Waals surface area contributed by atoms with Crippen molar-refractivity contribution in [3.05, 3.63) is 94.0 Å². The van der Waals surface area contributed by atoms with Gasteiger partial charge in [0.25, 0.3) is 10.0 Å². The molecule has 0 aliphatic rings. The molecule has 0 fully saturated rings. The van der Waals surface area contributed by atoms with Crippen LogP contribution in [-0.4, -0.2) is 44.3 Å². The van der Waals surface area contributed by atoms with E-state index in [1.54, 1.807) is 62.4 Å². The Kier molecular flexibility index (Phi) is 10.8. The molecule has 1 unspecified atom stereocenters. The highest BCUT2D eigenvalue weighted by Gasteiger charge is 2.34. The van der Waals surface area contributed by atoms with Crippen LogP contribution in [0.1, 0.15) is 38.3 Å². The first-order valence-electron chi connectivity index (χ1n) is 12.8. The molecule has 39 heavy (non-hydrogen) atoms. The topological polar surface area (TPSA) is 86.8 Å². The number of anilines is 1. The van der Waals surface area contributed by atoms with Crippen LogP contribution in [0, 0.1) is 0 Å². The molecule has 0 bridgehead atoms. The van der Waals surface area contributed by atoms with E-state index in [4.69, 9.17) is 23.2 Å². The third kappa shape index (κ3) is 7.12. The molecule has 0 radical (unpaired) electrons. The predicted molar refractivity (Wildman–Crippen MR) is 157 cm³/mol. The quantitative estimate of drug-likeness (QED) is 0.294. The highest BCUT2D eigenvalue weighted by molar-refractivity contribution is 7.92. The van der Waals surface area contributed by atoms with Crippen LogP contribution in [0.15, 0.2) is 77.7 Å². The van der Waals surface area contributed by atoms with Gasteiger partial charge in [-0.2, -0.15) is 0 Å². The van der Waals surface area contributed by atoms with Crippen molar-refractivity contribution in [1.29, 1.82) is 0 Å². The van der Waals surface area contributed by atoms with Crippen molar-refractivity contribution in [2.45, 2.75) is 51.1 Å². The smallest absolute Gasteiger partial charge is 0.264 e. The van der Waals surface area contributed by atoms with E-state index in [1.807, 2.05) is 19.1 Å². The van der Waals surface area contributed by atoms with Crippen molar-refractivity contribution in [1.82, 2.24) is 10.2 Å². The zero-order chi connectivity index (χ0) is 28.6. The van der Waals surface area contributed by atoms with Gasteiger partial charge in [-0.15, -0.1) is 0 Å². The summed E-state index contributed by atoms with van der Waals surface area (Å²) in [7, 11) is -4.13. The van der Waals surface area contributed by atoms with Gasteiger partial charge in [-0.1, -0.05) is 79.5 Å². The predicted octanol–water partition coefficient (Wildman–Crippen LogP) is 5.69. The van der Waals surface area contributed by atoms with Crippen molar-refractivity contribution >= 4 is 50.7 Å². The molecule has 1 N–H and O–H groups in total. The number of carbonyl (C=O) groups is 2. The Bertz CT molecular complexity index is 1380.